The van der Waals surface area contributed by atoms with E-state index in [0.717, 1.165) is 82.3 Å². The Hall–Kier alpha value is -4.42. The third kappa shape index (κ3) is 14.0. The lowest BCUT2D eigenvalue weighted by molar-refractivity contribution is -0.145. The zero-order valence-electron chi connectivity index (χ0n) is 37.9. The van der Waals surface area contributed by atoms with Crippen LogP contribution in [0.15, 0.2) is 66.9 Å². The fraction of sp³-hybridized carbons (Fsp3) is 0.510. The molecule has 0 aliphatic carbocycles. The number of piperazine rings is 1. The smallest absolute Gasteiger partial charge is 0.318 e. The van der Waals surface area contributed by atoms with Gasteiger partial charge in [0, 0.05) is 74.0 Å². The average Bonchev–Trinajstić information content (AvgIpc) is 3.85. The van der Waals surface area contributed by atoms with Gasteiger partial charge in [-0.1, -0.05) is 121 Å². The van der Waals surface area contributed by atoms with Crippen LogP contribution in [0.3, 0.4) is 0 Å². The molecule has 5 aromatic rings. The molecule has 3 aliphatic heterocycles. The van der Waals surface area contributed by atoms with Gasteiger partial charge in [0.05, 0.1) is 19.1 Å². The Kier molecular flexibility index (Phi) is 20.6. The summed E-state index contributed by atoms with van der Waals surface area (Å²) in [5.74, 6) is -0.00516. The first kappa shape index (κ1) is 49.2. The molecule has 3 fully saturated rings. The number of anilines is 1. The number of esters is 1. The number of halogens is 2. The molecule has 10 nitrogen and oxygen atoms in total. The molecule has 3 atom stereocenters. The number of carbonyl (C=O) groups excluding carboxylic acids is 1. The Morgan fingerprint density at radius 2 is 1.57 bits per heavy atom. The van der Waals surface area contributed by atoms with Gasteiger partial charge in [0.25, 0.3) is 0 Å². The van der Waals surface area contributed by atoms with Crippen LogP contribution < -0.4 is 15.0 Å². The van der Waals surface area contributed by atoms with Crippen LogP contribution in [0.5, 0.6) is 6.01 Å². The summed E-state index contributed by atoms with van der Waals surface area (Å²) in [6.07, 6.45) is 9.79. The molecule has 12 heteroatoms. The Balaban J connectivity index is 0.000000233. The number of methoxy groups -OCH3 is 1. The van der Waals surface area contributed by atoms with Crippen molar-refractivity contribution < 1.29 is 23.4 Å². The molecule has 2 bridgehead atoms. The molecule has 5 heterocycles. The van der Waals surface area contributed by atoms with Gasteiger partial charge in [-0.25, -0.2) is 4.39 Å². The van der Waals surface area contributed by atoms with E-state index >= 15 is 4.39 Å². The largest absolute Gasteiger partial charge is 0.467 e. The highest BCUT2D eigenvalue weighted by Gasteiger charge is 2.34. The number of rotatable bonds is 10. The van der Waals surface area contributed by atoms with Crippen LogP contribution in [0.2, 0.25) is 5.02 Å². The number of hydrogen-bond donors (Lipinski definition) is 1. The van der Waals surface area contributed by atoms with E-state index in [1.54, 1.807) is 12.3 Å². The molecule has 8 rings (SSSR count). The lowest BCUT2D eigenvalue weighted by Crippen LogP contribution is -2.51. The van der Waals surface area contributed by atoms with E-state index in [0.29, 0.717) is 33.9 Å². The maximum absolute atomic E-state index is 16.0. The Bertz CT molecular complexity index is 2090. The van der Waals surface area contributed by atoms with E-state index in [1.807, 2.05) is 51.2 Å². The highest BCUT2D eigenvalue weighted by atomic mass is 35.5. The number of aromatic nitrogens is 3. The Morgan fingerprint density at radius 3 is 2.16 bits per heavy atom. The molecule has 61 heavy (non-hydrogen) atoms. The molecule has 2 aromatic heterocycles. The predicted molar refractivity (Wildman–Crippen MR) is 249 cm³/mol. The number of aryl methyl sites for hydroxylation is 1. The van der Waals surface area contributed by atoms with Crippen LogP contribution >= 0.6 is 11.6 Å². The summed E-state index contributed by atoms with van der Waals surface area (Å²) in [5.41, 5.74) is 3.71. The number of unbranched alkanes of at least 4 members (excludes halogenated alkanes) is 1. The highest BCUT2D eigenvalue weighted by Crippen LogP contribution is 2.38. The van der Waals surface area contributed by atoms with E-state index in [2.05, 4.69) is 82.0 Å². The van der Waals surface area contributed by atoms with Crippen molar-refractivity contribution in [1.82, 2.24) is 25.2 Å². The van der Waals surface area contributed by atoms with Gasteiger partial charge in [-0.2, -0.15) is 9.97 Å². The van der Waals surface area contributed by atoms with E-state index in [-0.39, 0.29) is 29.3 Å². The number of carbonyl (C=O) groups is 1. The molecule has 3 saturated heterocycles. The number of hydrogen-bond acceptors (Lipinski definition) is 10. The maximum Gasteiger partial charge on any atom is 0.318 e. The van der Waals surface area contributed by atoms with Crippen LogP contribution in [0, 0.1) is 5.82 Å². The second kappa shape index (κ2) is 25.5. The maximum atomic E-state index is 16.0. The lowest BCUT2D eigenvalue weighted by Gasteiger charge is -2.34. The van der Waals surface area contributed by atoms with Gasteiger partial charge in [0.1, 0.15) is 23.1 Å². The van der Waals surface area contributed by atoms with Gasteiger partial charge < -0.3 is 29.3 Å². The Labute approximate surface area is 368 Å². The molecule has 332 valence electrons. The number of ether oxygens (including phenoxy) is 3. The minimum absolute atomic E-state index is 0.141. The molecule has 0 spiro atoms. The predicted octanol–water partition coefficient (Wildman–Crippen LogP) is 10.8. The van der Waals surface area contributed by atoms with E-state index in [1.165, 1.54) is 38.0 Å². The first-order valence-electron chi connectivity index (χ1n) is 22.2. The monoisotopic (exact) mass is 858 g/mol. The summed E-state index contributed by atoms with van der Waals surface area (Å²) in [4.78, 5) is 28.3. The van der Waals surface area contributed by atoms with Crippen LogP contribution in [0.4, 0.5) is 10.2 Å². The summed E-state index contributed by atoms with van der Waals surface area (Å²) >= 11 is 6.48. The molecular weight excluding hydrogens is 791 g/mol. The molecule has 3 aromatic carbocycles. The first-order chi connectivity index (χ1) is 29.6. The molecule has 3 aliphatic rings. The van der Waals surface area contributed by atoms with Gasteiger partial charge in [-0.3, -0.25) is 9.78 Å². The van der Waals surface area contributed by atoms with Crippen molar-refractivity contribution in [3.05, 3.63) is 88.8 Å². The third-order valence-corrected chi connectivity index (χ3v) is 10.8. The van der Waals surface area contributed by atoms with Crippen molar-refractivity contribution in [2.45, 2.75) is 118 Å². The zero-order valence-corrected chi connectivity index (χ0v) is 38.7. The number of nitrogens with zero attached hydrogens (tertiary/aromatic N) is 5. The van der Waals surface area contributed by atoms with E-state index < -0.39 is 5.82 Å². The fourth-order valence-corrected chi connectivity index (χ4v) is 7.82. The van der Waals surface area contributed by atoms with Crippen LogP contribution in [-0.4, -0.2) is 91.0 Å². The minimum atomic E-state index is -0.505. The summed E-state index contributed by atoms with van der Waals surface area (Å²) in [6, 6.07) is 20.9. The first-order valence-corrected chi connectivity index (χ1v) is 22.6. The van der Waals surface area contributed by atoms with E-state index in [4.69, 9.17) is 25.8 Å². The summed E-state index contributed by atoms with van der Waals surface area (Å²) in [7, 11) is 3.53. The average molecular weight is 860 g/mol. The molecule has 0 amide bonds. The van der Waals surface area contributed by atoms with Gasteiger partial charge >= 0.3 is 12.0 Å². The van der Waals surface area contributed by atoms with Gasteiger partial charge in [-0.05, 0) is 61.7 Å². The van der Waals surface area contributed by atoms with Crippen molar-refractivity contribution in [3.8, 4) is 17.3 Å². The second-order valence-corrected chi connectivity index (χ2v) is 15.9. The van der Waals surface area contributed by atoms with Crippen LogP contribution in [-0.2, 0) is 27.3 Å². The molecular formula is C49H68ClFN6O4. The summed E-state index contributed by atoms with van der Waals surface area (Å²) in [5, 5.41) is 6.44. The van der Waals surface area contributed by atoms with Crippen molar-refractivity contribution in [3.63, 3.8) is 0 Å². The van der Waals surface area contributed by atoms with Gasteiger partial charge in [0.2, 0.25) is 0 Å². The lowest BCUT2D eigenvalue weighted by atomic mass is 10.0. The standard InChI is InChI=1S/C24H21ClFN5O.C13H20O.C7H13NO2.C3H8.C2H6/c1-32-24-29-22-17(23(30-24)31-11-14-8-9-15(12-31)28-14)10-27-21(20(22)26)16-6-2-4-13-5-3-7-18(25)19(13)16;1-3-5-10-14-11-13-8-6-12(4-2)7-9-13;1-6(9)10-7-3-4-8(2)5-7;1-3-2;1-2/h2-7,10,14-15,28H,8-9,11-12H2,1H3;6-9H,3-5,10-11H2,1-2H3;7H,3-5H2,1-2H3;3H2,1-2H3;1-2H3. The number of pyridine rings is 1. The van der Waals surface area contributed by atoms with E-state index in [9.17, 15) is 4.79 Å². The molecule has 0 saturated carbocycles. The number of likely N-dealkylation sites (tertiary alicyclic amines) is 1. The van der Waals surface area contributed by atoms with Gasteiger partial charge in [-0.15, -0.1) is 0 Å². The van der Waals surface area contributed by atoms with Crippen LogP contribution in [0.25, 0.3) is 32.9 Å². The molecule has 0 radical (unpaired) electrons. The van der Waals surface area contributed by atoms with Crippen molar-refractivity contribution in [2.24, 2.45) is 0 Å². The molecule has 1 N–H and O–H groups in total. The number of benzene rings is 3. The topological polar surface area (TPSA) is 102 Å². The zero-order chi connectivity index (χ0) is 44.3. The van der Waals surface area contributed by atoms with Gasteiger partial charge in [0.15, 0.2) is 5.82 Å². The van der Waals surface area contributed by atoms with Crippen LogP contribution in [0.1, 0.15) is 98.1 Å². The molecule has 3 unspecified atom stereocenters. The summed E-state index contributed by atoms with van der Waals surface area (Å²) in [6.45, 7) is 19.3. The highest BCUT2D eigenvalue weighted by molar-refractivity contribution is 6.36. The van der Waals surface area contributed by atoms with Crippen molar-refractivity contribution >= 4 is 45.1 Å². The second-order valence-electron chi connectivity index (χ2n) is 15.5. The minimum Gasteiger partial charge on any atom is -0.467 e. The Morgan fingerprint density at radius 1 is 0.918 bits per heavy atom. The number of nitrogens with one attached hydrogen (secondary N) is 1. The normalized spacial score (nSPS) is 17.8. The summed E-state index contributed by atoms with van der Waals surface area (Å²) < 4.78 is 31.8. The van der Waals surface area contributed by atoms with Crippen molar-refractivity contribution in [1.29, 1.82) is 0 Å². The quantitative estimate of drug-likeness (QED) is 0.108. The SMILES string of the molecule is CC.CC(=O)OC1CCN(C)C1.CCC.CCCCOCc1ccc(CC)cc1.COc1nc(N2CC3CCC(C2)N3)c2cnc(-c3cccc4cccc(Cl)c34)c(F)c2n1. The number of fused-ring (bicyclic) bond motifs is 4. The number of likely N-dealkylation sites (N-methyl/N-ethyl adjacent to an activating group) is 1. The fourth-order valence-electron chi connectivity index (χ4n) is 7.54. The van der Waals surface area contributed by atoms with Crippen molar-refractivity contribution in [2.75, 3.05) is 51.8 Å². The third-order valence-electron chi connectivity index (χ3n) is 10.5.